The van der Waals surface area contributed by atoms with Gasteiger partial charge in [-0.3, -0.25) is 9.59 Å². The van der Waals surface area contributed by atoms with Crippen molar-refractivity contribution in [2.24, 2.45) is 0 Å². The highest BCUT2D eigenvalue weighted by atomic mass is 16.5. The molecule has 26 heavy (non-hydrogen) atoms. The number of piperazine rings is 1. The SMILES string of the molecule is Cc1noc(C(C)C)c1C(=O)N1CCN(C(=O)CCN2CCCC2)CC1. The lowest BCUT2D eigenvalue weighted by molar-refractivity contribution is -0.133. The van der Waals surface area contributed by atoms with Gasteiger partial charge in [0.1, 0.15) is 5.56 Å². The maximum Gasteiger partial charge on any atom is 0.259 e. The van der Waals surface area contributed by atoms with E-state index in [1.165, 1.54) is 12.8 Å². The molecule has 7 nitrogen and oxygen atoms in total. The molecular weight excluding hydrogens is 332 g/mol. The quantitative estimate of drug-likeness (QED) is 0.800. The van der Waals surface area contributed by atoms with Crippen LogP contribution in [0.2, 0.25) is 0 Å². The third kappa shape index (κ3) is 4.09. The number of rotatable bonds is 5. The van der Waals surface area contributed by atoms with Crippen molar-refractivity contribution >= 4 is 11.8 Å². The molecule has 2 amide bonds. The topological polar surface area (TPSA) is 69.9 Å². The van der Waals surface area contributed by atoms with Gasteiger partial charge in [0.15, 0.2) is 5.76 Å². The maximum absolute atomic E-state index is 12.9. The monoisotopic (exact) mass is 362 g/mol. The molecule has 0 saturated carbocycles. The van der Waals surface area contributed by atoms with E-state index in [-0.39, 0.29) is 17.7 Å². The Labute approximate surface area is 155 Å². The lowest BCUT2D eigenvalue weighted by Gasteiger charge is -2.35. The van der Waals surface area contributed by atoms with E-state index in [0.29, 0.717) is 49.6 Å². The third-order valence-electron chi connectivity index (χ3n) is 5.39. The van der Waals surface area contributed by atoms with E-state index in [1.807, 2.05) is 23.6 Å². The van der Waals surface area contributed by atoms with Gasteiger partial charge in [-0.15, -0.1) is 0 Å². The highest BCUT2D eigenvalue weighted by Gasteiger charge is 2.30. The first-order valence-electron chi connectivity index (χ1n) is 9.73. The molecule has 144 valence electrons. The molecule has 0 atom stereocenters. The summed E-state index contributed by atoms with van der Waals surface area (Å²) in [5.41, 5.74) is 1.23. The Hall–Kier alpha value is -1.89. The fourth-order valence-electron chi connectivity index (χ4n) is 3.78. The highest BCUT2D eigenvalue weighted by Crippen LogP contribution is 2.24. The number of likely N-dealkylation sites (tertiary alicyclic amines) is 1. The predicted octanol–water partition coefficient (Wildman–Crippen LogP) is 1.88. The molecule has 3 heterocycles. The van der Waals surface area contributed by atoms with E-state index in [0.717, 1.165) is 19.6 Å². The summed E-state index contributed by atoms with van der Waals surface area (Å²) in [5.74, 6) is 0.935. The van der Waals surface area contributed by atoms with Crippen molar-refractivity contribution in [1.82, 2.24) is 19.9 Å². The Kier molecular flexibility index (Phi) is 5.96. The molecule has 2 saturated heterocycles. The molecule has 0 spiro atoms. The van der Waals surface area contributed by atoms with Gasteiger partial charge in [-0.2, -0.15) is 0 Å². The number of amides is 2. The van der Waals surface area contributed by atoms with Crippen LogP contribution in [0.15, 0.2) is 4.52 Å². The third-order valence-corrected chi connectivity index (χ3v) is 5.39. The Balaban J connectivity index is 1.52. The smallest absolute Gasteiger partial charge is 0.259 e. The first-order chi connectivity index (χ1) is 12.5. The summed E-state index contributed by atoms with van der Waals surface area (Å²) in [6.45, 7) is 11.2. The first-order valence-corrected chi connectivity index (χ1v) is 9.73. The molecule has 0 unspecified atom stereocenters. The molecule has 1 aromatic heterocycles. The second-order valence-corrected chi connectivity index (χ2v) is 7.63. The van der Waals surface area contributed by atoms with Gasteiger partial charge < -0.3 is 19.2 Å². The molecule has 2 aliphatic heterocycles. The number of aryl methyl sites for hydroxylation is 1. The fraction of sp³-hybridized carbons (Fsp3) is 0.737. The van der Waals surface area contributed by atoms with Crippen molar-refractivity contribution < 1.29 is 14.1 Å². The number of nitrogens with zero attached hydrogens (tertiary/aromatic N) is 4. The molecule has 0 aromatic carbocycles. The van der Waals surface area contributed by atoms with Gasteiger partial charge in [0.25, 0.3) is 5.91 Å². The van der Waals surface area contributed by atoms with Crippen LogP contribution in [-0.4, -0.2) is 77.5 Å². The second kappa shape index (κ2) is 8.20. The van der Waals surface area contributed by atoms with E-state index in [4.69, 9.17) is 4.52 Å². The van der Waals surface area contributed by atoms with Crippen LogP contribution in [0.4, 0.5) is 0 Å². The average molecular weight is 362 g/mol. The van der Waals surface area contributed by atoms with Crippen molar-refractivity contribution in [3.05, 3.63) is 17.0 Å². The Bertz CT molecular complexity index is 641. The minimum atomic E-state index is -0.0309. The molecule has 2 fully saturated rings. The summed E-state index contributed by atoms with van der Waals surface area (Å²) in [6.07, 6.45) is 3.07. The molecule has 0 N–H and O–H groups in total. The Morgan fingerprint density at radius 1 is 1.04 bits per heavy atom. The van der Waals surface area contributed by atoms with Crippen LogP contribution < -0.4 is 0 Å². The zero-order valence-electron chi connectivity index (χ0n) is 16.2. The van der Waals surface area contributed by atoms with Gasteiger partial charge in [0, 0.05) is 45.1 Å². The summed E-state index contributed by atoms with van der Waals surface area (Å²) in [6, 6.07) is 0. The van der Waals surface area contributed by atoms with Gasteiger partial charge in [0.05, 0.1) is 5.69 Å². The van der Waals surface area contributed by atoms with E-state index in [2.05, 4.69) is 10.1 Å². The number of hydrogen-bond acceptors (Lipinski definition) is 5. The van der Waals surface area contributed by atoms with Crippen LogP contribution in [0, 0.1) is 6.92 Å². The highest BCUT2D eigenvalue weighted by molar-refractivity contribution is 5.96. The van der Waals surface area contributed by atoms with E-state index >= 15 is 0 Å². The zero-order chi connectivity index (χ0) is 18.7. The first kappa shape index (κ1) is 18.9. The molecule has 0 bridgehead atoms. The number of hydrogen-bond donors (Lipinski definition) is 0. The summed E-state index contributed by atoms with van der Waals surface area (Å²) in [4.78, 5) is 31.4. The minimum absolute atomic E-state index is 0.0309. The van der Waals surface area contributed by atoms with Gasteiger partial charge >= 0.3 is 0 Å². The van der Waals surface area contributed by atoms with E-state index < -0.39 is 0 Å². The van der Waals surface area contributed by atoms with Crippen molar-refractivity contribution in [2.45, 2.75) is 46.0 Å². The predicted molar refractivity (Wildman–Crippen MR) is 98.1 cm³/mol. The Morgan fingerprint density at radius 2 is 1.65 bits per heavy atom. The van der Waals surface area contributed by atoms with Crippen molar-refractivity contribution in [3.63, 3.8) is 0 Å². The summed E-state index contributed by atoms with van der Waals surface area (Å²) < 4.78 is 5.34. The molecule has 7 heteroatoms. The van der Waals surface area contributed by atoms with Gasteiger partial charge in [0.2, 0.25) is 5.91 Å². The normalized spacial score (nSPS) is 18.8. The van der Waals surface area contributed by atoms with Crippen LogP contribution in [0.25, 0.3) is 0 Å². The maximum atomic E-state index is 12.9. The van der Waals surface area contributed by atoms with Crippen LogP contribution in [0.3, 0.4) is 0 Å². The molecule has 1 aromatic rings. The molecule has 2 aliphatic rings. The minimum Gasteiger partial charge on any atom is -0.360 e. The van der Waals surface area contributed by atoms with Gasteiger partial charge in [-0.1, -0.05) is 19.0 Å². The van der Waals surface area contributed by atoms with Crippen molar-refractivity contribution in [1.29, 1.82) is 0 Å². The molecule has 0 radical (unpaired) electrons. The number of carbonyl (C=O) groups excluding carboxylic acids is 2. The lowest BCUT2D eigenvalue weighted by atomic mass is 10.0. The van der Waals surface area contributed by atoms with Gasteiger partial charge in [-0.05, 0) is 32.9 Å². The van der Waals surface area contributed by atoms with Crippen LogP contribution >= 0.6 is 0 Å². The average Bonchev–Trinajstić information content (AvgIpc) is 3.28. The molecule has 0 aliphatic carbocycles. The second-order valence-electron chi connectivity index (χ2n) is 7.63. The number of aromatic nitrogens is 1. The largest absolute Gasteiger partial charge is 0.360 e. The van der Waals surface area contributed by atoms with Crippen molar-refractivity contribution in [2.75, 3.05) is 45.8 Å². The van der Waals surface area contributed by atoms with E-state index in [9.17, 15) is 9.59 Å². The van der Waals surface area contributed by atoms with Crippen molar-refractivity contribution in [3.8, 4) is 0 Å². The summed E-state index contributed by atoms with van der Waals surface area (Å²) in [7, 11) is 0. The summed E-state index contributed by atoms with van der Waals surface area (Å²) in [5, 5.41) is 3.97. The molecular formula is C19H30N4O3. The van der Waals surface area contributed by atoms with Crippen LogP contribution in [-0.2, 0) is 4.79 Å². The number of carbonyl (C=O) groups is 2. The Morgan fingerprint density at radius 3 is 2.27 bits per heavy atom. The summed E-state index contributed by atoms with van der Waals surface area (Å²) >= 11 is 0. The van der Waals surface area contributed by atoms with Crippen LogP contribution in [0.1, 0.15) is 60.8 Å². The van der Waals surface area contributed by atoms with Crippen LogP contribution in [0.5, 0.6) is 0 Å². The fourth-order valence-corrected chi connectivity index (χ4v) is 3.78. The van der Waals surface area contributed by atoms with E-state index in [1.54, 1.807) is 6.92 Å². The zero-order valence-corrected chi connectivity index (χ0v) is 16.2. The molecule has 3 rings (SSSR count). The van der Waals surface area contributed by atoms with Gasteiger partial charge in [-0.25, -0.2) is 0 Å². The standard InChI is InChI=1S/C19H30N4O3/c1-14(2)18-17(15(3)20-26-18)19(25)23-12-10-22(11-13-23)16(24)6-9-21-7-4-5-8-21/h14H,4-13H2,1-3H3. The lowest BCUT2D eigenvalue weighted by Crippen LogP contribution is -2.51.